The molecule has 0 atom stereocenters. The molecule has 102 valence electrons. The SMILES string of the molecule is FC(F)(F)c1cccc2c1=NSC=C1C=CCC(=S)C=21. The van der Waals surface area contributed by atoms with Gasteiger partial charge in [0.05, 0.1) is 10.9 Å². The van der Waals surface area contributed by atoms with Crippen LogP contribution in [-0.2, 0) is 6.18 Å². The van der Waals surface area contributed by atoms with Gasteiger partial charge in [0, 0.05) is 39.4 Å². The van der Waals surface area contributed by atoms with Gasteiger partial charge in [0.1, 0.15) is 0 Å². The number of hydrogen-bond donors (Lipinski definition) is 0. The molecule has 0 aromatic heterocycles. The monoisotopic (exact) mass is 311 g/mol. The fourth-order valence-electron chi connectivity index (χ4n) is 2.25. The molecule has 1 nitrogen and oxygen atoms in total. The molecule has 20 heavy (non-hydrogen) atoms. The third-order valence-corrected chi connectivity index (χ3v) is 4.12. The van der Waals surface area contributed by atoms with Crippen LogP contribution in [-0.4, -0.2) is 4.86 Å². The lowest BCUT2D eigenvalue weighted by atomic mass is 9.93. The maximum absolute atomic E-state index is 13.1. The van der Waals surface area contributed by atoms with E-state index in [2.05, 4.69) is 4.40 Å². The molecule has 1 aromatic carbocycles. The number of allylic oxidation sites excluding steroid dienone is 3. The van der Waals surface area contributed by atoms with Crippen molar-refractivity contribution >= 4 is 34.6 Å². The van der Waals surface area contributed by atoms with Crippen LogP contribution in [0.2, 0.25) is 0 Å². The first-order valence-corrected chi connectivity index (χ1v) is 7.07. The summed E-state index contributed by atoms with van der Waals surface area (Å²) < 4.78 is 43.3. The fourth-order valence-corrected chi connectivity index (χ4v) is 3.24. The van der Waals surface area contributed by atoms with E-state index in [4.69, 9.17) is 12.2 Å². The molecule has 0 N–H and O–H groups in total. The number of hydrogen-bond acceptors (Lipinski definition) is 3. The standard InChI is InChI=1S/C14H8F3NS2/c15-14(16,17)10-5-2-4-9-12-8(3-1-6-11(12)19)7-20-18-13(9)10/h1-5,7H,6H2. The van der Waals surface area contributed by atoms with Gasteiger partial charge in [-0.15, -0.1) is 0 Å². The summed E-state index contributed by atoms with van der Waals surface area (Å²) in [5, 5.41) is 2.16. The summed E-state index contributed by atoms with van der Waals surface area (Å²) >= 11 is 6.32. The van der Waals surface area contributed by atoms with Crippen molar-refractivity contribution in [3.05, 3.63) is 57.5 Å². The lowest BCUT2D eigenvalue weighted by Gasteiger charge is -2.14. The van der Waals surface area contributed by atoms with E-state index in [1.54, 1.807) is 11.5 Å². The summed E-state index contributed by atoms with van der Waals surface area (Å²) in [7, 11) is 0. The molecule has 0 fully saturated rings. The van der Waals surface area contributed by atoms with E-state index in [9.17, 15) is 13.2 Å². The molecule has 1 heterocycles. The predicted octanol–water partition coefficient (Wildman–Crippen LogP) is 3.35. The third-order valence-electron chi connectivity index (χ3n) is 3.10. The largest absolute Gasteiger partial charge is 0.418 e. The van der Waals surface area contributed by atoms with Crippen molar-refractivity contribution in [3.63, 3.8) is 0 Å². The van der Waals surface area contributed by atoms with Gasteiger partial charge in [-0.1, -0.05) is 36.5 Å². The number of fused-ring (bicyclic) bond motifs is 2. The highest BCUT2D eigenvalue weighted by molar-refractivity contribution is 8.00. The van der Waals surface area contributed by atoms with Crippen molar-refractivity contribution in [3.8, 4) is 0 Å². The van der Waals surface area contributed by atoms with Gasteiger partial charge in [-0.2, -0.15) is 13.2 Å². The third kappa shape index (κ3) is 2.23. The van der Waals surface area contributed by atoms with E-state index in [1.165, 1.54) is 6.07 Å². The molecule has 0 amide bonds. The average molecular weight is 311 g/mol. The van der Waals surface area contributed by atoms with Crippen LogP contribution in [0.3, 0.4) is 0 Å². The molecule has 0 bridgehead atoms. The van der Waals surface area contributed by atoms with Gasteiger partial charge < -0.3 is 0 Å². The molecule has 0 radical (unpaired) electrons. The summed E-state index contributed by atoms with van der Waals surface area (Å²) in [6.45, 7) is 0. The van der Waals surface area contributed by atoms with Gasteiger partial charge >= 0.3 is 6.18 Å². The van der Waals surface area contributed by atoms with Crippen molar-refractivity contribution in [2.24, 2.45) is 4.40 Å². The van der Waals surface area contributed by atoms with Gasteiger partial charge in [0.25, 0.3) is 0 Å². The topological polar surface area (TPSA) is 12.4 Å². The zero-order valence-corrected chi connectivity index (χ0v) is 11.7. The highest BCUT2D eigenvalue weighted by atomic mass is 32.2. The molecule has 2 aliphatic rings. The van der Waals surface area contributed by atoms with Gasteiger partial charge in [-0.05, 0) is 11.6 Å². The first-order chi connectivity index (χ1) is 9.48. The summed E-state index contributed by atoms with van der Waals surface area (Å²) in [6.07, 6.45) is -0.0607. The molecular formula is C14H8F3NS2. The fraction of sp³-hybridized carbons (Fsp3) is 0.143. The van der Waals surface area contributed by atoms with Crippen LogP contribution in [0.4, 0.5) is 13.2 Å². The highest BCUT2D eigenvalue weighted by Crippen LogP contribution is 2.29. The Morgan fingerprint density at radius 1 is 1.25 bits per heavy atom. The Labute approximate surface area is 122 Å². The Hall–Kier alpha value is -1.40. The first-order valence-electron chi connectivity index (χ1n) is 5.83. The molecule has 3 rings (SSSR count). The van der Waals surface area contributed by atoms with Gasteiger partial charge in [0.2, 0.25) is 0 Å². The molecular weight excluding hydrogens is 303 g/mol. The molecule has 1 aliphatic carbocycles. The summed E-state index contributed by atoms with van der Waals surface area (Å²) in [5.74, 6) is 0. The molecule has 6 heteroatoms. The summed E-state index contributed by atoms with van der Waals surface area (Å²) in [5.41, 5.74) is 0.799. The lowest BCUT2D eigenvalue weighted by molar-refractivity contribution is -0.138. The molecule has 0 unspecified atom stereocenters. The van der Waals surface area contributed by atoms with Gasteiger partial charge in [0.15, 0.2) is 0 Å². The Bertz CT molecular complexity index is 773. The number of alkyl halides is 3. The Morgan fingerprint density at radius 3 is 2.80 bits per heavy atom. The van der Waals surface area contributed by atoms with Crippen molar-refractivity contribution in [1.29, 1.82) is 0 Å². The van der Waals surface area contributed by atoms with E-state index in [-0.39, 0.29) is 5.36 Å². The minimum absolute atomic E-state index is 0.0381. The van der Waals surface area contributed by atoms with E-state index < -0.39 is 11.7 Å². The molecule has 0 spiro atoms. The molecule has 0 saturated heterocycles. The predicted molar refractivity (Wildman–Crippen MR) is 77.7 cm³/mol. The van der Waals surface area contributed by atoms with Crippen molar-refractivity contribution in [1.82, 2.24) is 0 Å². The zero-order chi connectivity index (χ0) is 14.3. The Kier molecular flexibility index (Phi) is 3.30. The minimum Gasteiger partial charge on any atom is -0.211 e. The van der Waals surface area contributed by atoms with Crippen LogP contribution < -0.4 is 10.6 Å². The van der Waals surface area contributed by atoms with Crippen LogP contribution in [0.25, 0.3) is 5.57 Å². The second-order valence-corrected chi connectivity index (χ2v) is 5.50. The van der Waals surface area contributed by atoms with Crippen LogP contribution in [0.1, 0.15) is 12.0 Å². The second kappa shape index (κ2) is 4.86. The number of nitrogens with zero attached hydrogens (tertiary/aromatic N) is 1. The summed E-state index contributed by atoms with van der Waals surface area (Å²) in [6, 6.07) is 4.10. The van der Waals surface area contributed by atoms with Crippen LogP contribution in [0, 0.1) is 0 Å². The smallest absolute Gasteiger partial charge is 0.211 e. The summed E-state index contributed by atoms with van der Waals surface area (Å²) in [4.78, 5) is 0.650. The van der Waals surface area contributed by atoms with E-state index in [1.807, 2.05) is 12.2 Å². The quantitative estimate of drug-likeness (QED) is 0.538. The number of benzene rings is 1. The lowest BCUT2D eigenvalue weighted by Crippen LogP contribution is -2.35. The second-order valence-electron chi connectivity index (χ2n) is 4.37. The number of halogens is 3. The van der Waals surface area contributed by atoms with Crippen molar-refractivity contribution < 1.29 is 13.2 Å². The first kappa shape index (κ1) is 13.6. The van der Waals surface area contributed by atoms with E-state index in [0.29, 0.717) is 22.1 Å². The van der Waals surface area contributed by atoms with Crippen LogP contribution in [0.5, 0.6) is 0 Å². The Balaban J connectivity index is 2.45. The number of thiocarbonyl (C=S) groups is 1. The Morgan fingerprint density at radius 2 is 2.05 bits per heavy atom. The highest BCUT2D eigenvalue weighted by Gasteiger charge is 2.33. The van der Waals surface area contributed by atoms with Gasteiger partial charge in [-0.25, -0.2) is 4.40 Å². The van der Waals surface area contributed by atoms with E-state index >= 15 is 0 Å². The maximum atomic E-state index is 13.1. The van der Waals surface area contributed by atoms with Crippen molar-refractivity contribution in [2.75, 3.05) is 0 Å². The van der Waals surface area contributed by atoms with Crippen molar-refractivity contribution in [2.45, 2.75) is 12.6 Å². The van der Waals surface area contributed by atoms with Crippen LogP contribution in [0.15, 0.2) is 45.7 Å². The number of rotatable bonds is 0. The zero-order valence-electron chi connectivity index (χ0n) is 10.1. The maximum Gasteiger partial charge on any atom is 0.418 e. The average Bonchev–Trinajstić information content (AvgIpc) is 2.57. The molecule has 0 saturated carbocycles. The van der Waals surface area contributed by atoms with Crippen LogP contribution >= 0.6 is 24.2 Å². The molecule has 1 aromatic rings. The molecule has 1 aliphatic heterocycles. The normalized spacial score (nSPS) is 17.9. The van der Waals surface area contributed by atoms with Gasteiger partial charge in [-0.3, -0.25) is 0 Å². The minimum atomic E-state index is -4.42. The van der Waals surface area contributed by atoms with E-state index in [0.717, 1.165) is 23.6 Å².